The number of hydrogen-bond donors (Lipinski definition) is 1. The predicted octanol–water partition coefficient (Wildman–Crippen LogP) is 2.39. The van der Waals surface area contributed by atoms with E-state index in [-0.39, 0.29) is 5.92 Å². The molecule has 2 aliphatic rings. The lowest BCUT2D eigenvalue weighted by Crippen LogP contribution is -2.55. The summed E-state index contributed by atoms with van der Waals surface area (Å²) in [7, 11) is -4.65. The smallest absolute Gasteiger partial charge is 0.407 e. The third kappa shape index (κ3) is 5.60. The van der Waals surface area contributed by atoms with Crippen molar-refractivity contribution in [1.82, 2.24) is 5.32 Å². The topological polar surface area (TPSA) is 81.7 Å². The van der Waals surface area contributed by atoms with Crippen LogP contribution in [0.2, 0.25) is 0 Å². The van der Waals surface area contributed by atoms with Crippen LogP contribution in [0.3, 0.4) is 0 Å². The highest BCUT2D eigenvalue weighted by atomic mass is 32.3. The van der Waals surface area contributed by atoms with Gasteiger partial charge < -0.3 is 14.8 Å². The fourth-order valence-electron chi connectivity index (χ4n) is 3.30. The first kappa shape index (κ1) is 18.4. The summed E-state index contributed by atoms with van der Waals surface area (Å²) in [6.45, 7) is 6.02. The molecule has 134 valence electrons. The van der Waals surface area contributed by atoms with E-state index >= 15 is 0 Å². The molecule has 1 saturated carbocycles. The number of alkyl carbamates (subject to hydrolysis) is 1. The highest BCUT2D eigenvalue weighted by molar-refractivity contribution is 7.86. The molecule has 6 nitrogen and oxygen atoms in total. The van der Waals surface area contributed by atoms with Crippen molar-refractivity contribution < 1.29 is 26.6 Å². The van der Waals surface area contributed by atoms with E-state index in [1.807, 2.05) is 0 Å². The van der Waals surface area contributed by atoms with Crippen molar-refractivity contribution in [3.05, 3.63) is 0 Å². The highest BCUT2D eigenvalue weighted by Crippen LogP contribution is 2.46. The van der Waals surface area contributed by atoms with Crippen LogP contribution in [-0.4, -0.2) is 45.1 Å². The fourth-order valence-corrected chi connectivity index (χ4v) is 4.46. The van der Waals surface area contributed by atoms with Crippen molar-refractivity contribution in [3.8, 4) is 0 Å². The minimum Gasteiger partial charge on any atom is -0.444 e. The maximum Gasteiger partial charge on any atom is 0.407 e. The summed E-state index contributed by atoms with van der Waals surface area (Å²) in [5.41, 5.74) is -1.48. The molecule has 2 rings (SSSR count). The van der Waals surface area contributed by atoms with Crippen LogP contribution in [0.25, 0.3) is 0 Å². The van der Waals surface area contributed by atoms with Gasteiger partial charge in [-0.15, -0.1) is 3.89 Å². The molecule has 1 aliphatic heterocycles. The Morgan fingerprint density at radius 3 is 2.35 bits per heavy atom. The Morgan fingerprint density at radius 1 is 1.35 bits per heavy atom. The number of hydrogen-bond acceptors (Lipinski definition) is 5. The molecule has 2 fully saturated rings. The third-order valence-electron chi connectivity index (χ3n) is 4.37. The standard InChI is InChI=1S/C15H26FNO5S/c1-14(2,3)22-13(18)17-12(11-4-5-11)15(10-23(16,19)20)6-8-21-9-7-15/h11-12H,4-10H2,1-3H3,(H,17,18). The van der Waals surface area contributed by atoms with Gasteiger partial charge in [-0.05, 0) is 52.4 Å². The van der Waals surface area contributed by atoms with Crippen molar-refractivity contribution in [2.24, 2.45) is 11.3 Å². The molecule has 23 heavy (non-hydrogen) atoms. The predicted molar refractivity (Wildman–Crippen MR) is 83.3 cm³/mol. The summed E-state index contributed by atoms with van der Waals surface area (Å²) in [5, 5.41) is 2.82. The van der Waals surface area contributed by atoms with Crippen LogP contribution in [0.5, 0.6) is 0 Å². The van der Waals surface area contributed by atoms with Gasteiger partial charge >= 0.3 is 16.3 Å². The molecule has 0 aromatic carbocycles. The van der Waals surface area contributed by atoms with Crippen molar-refractivity contribution in [1.29, 1.82) is 0 Å². The summed E-state index contributed by atoms with van der Waals surface area (Å²) in [6.07, 6.45) is 2.03. The molecule has 1 saturated heterocycles. The Hall–Kier alpha value is -0.890. The summed E-state index contributed by atoms with van der Waals surface area (Å²) < 4.78 is 46.7. The van der Waals surface area contributed by atoms with Crippen molar-refractivity contribution in [2.75, 3.05) is 19.0 Å². The van der Waals surface area contributed by atoms with Gasteiger partial charge in [0.25, 0.3) is 0 Å². The van der Waals surface area contributed by atoms with E-state index in [1.54, 1.807) is 20.8 Å². The summed E-state index contributed by atoms with van der Waals surface area (Å²) >= 11 is 0. The van der Waals surface area contributed by atoms with Gasteiger partial charge in [-0.1, -0.05) is 0 Å². The molecule has 1 atom stereocenters. The molecule has 1 aliphatic carbocycles. The second-order valence-corrected chi connectivity index (χ2v) is 8.99. The monoisotopic (exact) mass is 351 g/mol. The number of amides is 1. The molecule has 1 unspecified atom stereocenters. The fraction of sp³-hybridized carbons (Fsp3) is 0.933. The van der Waals surface area contributed by atoms with Crippen LogP contribution in [0.4, 0.5) is 8.68 Å². The Kier molecular flexibility index (Phi) is 5.25. The summed E-state index contributed by atoms with van der Waals surface area (Å²) in [6, 6.07) is -0.410. The Balaban J connectivity index is 2.19. The molecule has 0 aromatic heterocycles. The first-order valence-electron chi connectivity index (χ1n) is 8.00. The van der Waals surface area contributed by atoms with Gasteiger partial charge in [-0.2, -0.15) is 8.42 Å². The van der Waals surface area contributed by atoms with Gasteiger partial charge in [-0.3, -0.25) is 0 Å². The first-order valence-corrected chi connectivity index (χ1v) is 9.56. The lowest BCUT2D eigenvalue weighted by molar-refractivity contribution is -0.00503. The molecule has 0 radical (unpaired) electrons. The molecule has 1 N–H and O–H groups in total. The zero-order chi connectivity index (χ0) is 17.3. The molecule has 1 heterocycles. The van der Waals surface area contributed by atoms with Crippen molar-refractivity contribution >= 4 is 16.3 Å². The maximum absolute atomic E-state index is 13.5. The van der Waals surface area contributed by atoms with Crippen molar-refractivity contribution in [2.45, 2.75) is 58.1 Å². The third-order valence-corrected chi connectivity index (χ3v) is 5.29. The van der Waals surface area contributed by atoms with Crippen LogP contribution in [0.1, 0.15) is 46.5 Å². The largest absolute Gasteiger partial charge is 0.444 e. The van der Waals surface area contributed by atoms with Gasteiger partial charge in [0, 0.05) is 24.7 Å². The minimum absolute atomic E-state index is 0.169. The van der Waals surface area contributed by atoms with Crippen LogP contribution >= 0.6 is 0 Å². The molecule has 1 amide bonds. The molecule has 0 spiro atoms. The Morgan fingerprint density at radius 2 is 1.91 bits per heavy atom. The lowest BCUT2D eigenvalue weighted by Gasteiger charge is -2.43. The van der Waals surface area contributed by atoms with E-state index in [9.17, 15) is 17.1 Å². The summed E-state index contributed by atoms with van der Waals surface area (Å²) in [4.78, 5) is 12.1. The van der Waals surface area contributed by atoms with E-state index in [4.69, 9.17) is 9.47 Å². The Labute approximate surface area is 137 Å². The van der Waals surface area contributed by atoms with E-state index in [2.05, 4.69) is 5.32 Å². The second-order valence-electron chi connectivity index (χ2n) is 7.62. The number of nitrogens with one attached hydrogen (secondary N) is 1. The zero-order valence-corrected chi connectivity index (χ0v) is 14.7. The number of carbonyl (C=O) groups is 1. The second kappa shape index (κ2) is 6.55. The highest BCUT2D eigenvalue weighted by Gasteiger charge is 2.50. The Bertz CT molecular complexity index is 533. The van der Waals surface area contributed by atoms with E-state index in [0.717, 1.165) is 12.8 Å². The van der Waals surface area contributed by atoms with Gasteiger partial charge in [0.15, 0.2) is 0 Å². The number of ether oxygens (including phenoxy) is 2. The average molecular weight is 351 g/mol. The van der Waals surface area contributed by atoms with Crippen molar-refractivity contribution in [3.63, 3.8) is 0 Å². The van der Waals surface area contributed by atoms with Gasteiger partial charge in [0.1, 0.15) is 5.60 Å². The van der Waals surface area contributed by atoms with Crippen LogP contribution in [0.15, 0.2) is 0 Å². The quantitative estimate of drug-likeness (QED) is 0.769. The molecule has 8 heteroatoms. The number of halogens is 1. The normalized spacial score (nSPS) is 23.1. The van der Waals surface area contributed by atoms with Crippen LogP contribution in [0, 0.1) is 11.3 Å². The number of carbonyl (C=O) groups excluding carboxylic acids is 1. The van der Waals surface area contributed by atoms with E-state index < -0.39 is 39.1 Å². The van der Waals surface area contributed by atoms with Crippen LogP contribution in [-0.2, 0) is 19.7 Å². The van der Waals surface area contributed by atoms with E-state index in [0.29, 0.717) is 26.1 Å². The summed E-state index contributed by atoms with van der Waals surface area (Å²) in [5.74, 6) is -0.414. The molecular weight excluding hydrogens is 325 g/mol. The molecule has 0 bridgehead atoms. The first-order chi connectivity index (χ1) is 10.5. The number of rotatable bonds is 5. The lowest BCUT2D eigenvalue weighted by atomic mass is 9.73. The molecule has 0 aromatic rings. The minimum atomic E-state index is -4.65. The zero-order valence-electron chi connectivity index (χ0n) is 13.9. The van der Waals surface area contributed by atoms with Gasteiger partial charge in [0.05, 0.1) is 5.75 Å². The van der Waals surface area contributed by atoms with E-state index in [1.165, 1.54) is 0 Å². The average Bonchev–Trinajstić information content (AvgIpc) is 3.16. The van der Waals surface area contributed by atoms with Gasteiger partial charge in [-0.25, -0.2) is 4.79 Å². The maximum atomic E-state index is 13.5. The van der Waals surface area contributed by atoms with Crippen LogP contribution < -0.4 is 5.32 Å². The van der Waals surface area contributed by atoms with Gasteiger partial charge in [0.2, 0.25) is 0 Å². The molecular formula is C15H26FNO5S. The SMILES string of the molecule is CC(C)(C)OC(=O)NC(C1CC1)C1(CS(=O)(=O)F)CCOCC1.